The second-order valence-electron chi connectivity index (χ2n) is 3.79. The van der Waals surface area contributed by atoms with Gasteiger partial charge >= 0.3 is 5.97 Å². The average Bonchev–Trinajstić information content (AvgIpc) is 2.89. The van der Waals surface area contributed by atoms with E-state index in [9.17, 15) is 9.59 Å². The van der Waals surface area contributed by atoms with E-state index >= 15 is 0 Å². The van der Waals surface area contributed by atoms with Crippen LogP contribution in [0, 0.1) is 11.8 Å². The van der Waals surface area contributed by atoms with E-state index in [-0.39, 0.29) is 11.8 Å². The first kappa shape index (κ1) is 11.1. The minimum absolute atomic E-state index is 0.0126. The van der Waals surface area contributed by atoms with Gasteiger partial charge in [0.1, 0.15) is 5.92 Å². The predicted octanol–water partition coefficient (Wildman–Crippen LogP) is 0.826. The number of thiophene rings is 1. The maximum absolute atomic E-state index is 11.5. The van der Waals surface area contributed by atoms with Crippen LogP contribution in [0.15, 0.2) is 17.5 Å². The molecule has 0 spiro atoms. The summed E-state index contributed by atoms with van der Waals surface area (Å²) < 4.78 is 4.66. The Labute approximate surface area is 97.6 Å². The van der Waals surface area contributed by atoms with Gasteiger partial charge in [-0.3, -0.25) is 9.59 Å². The zero-order valence-corrected chi connectivity index (χ0v) is 9.75. The summed E-state index contributed by atoms with van der Waals surface area (Å²) in [4.78, 5) is 24.2. The largest absolute Gasteiger partial charge is 0.468 e. The highest BCUT2D eigenvalue weighted by Crippen LogP contribution is 2.25. The number of hydrogen-bond donors (Lipinski definition) is 1. The molecule has 1 aliphatic heterocycles. The zero-order valence-electron chi connectivity index (χ0n) is 8.93. The van der Waals surface area contributed by atoms with Gasteiger partial charge in [0.2, 0.25) is 5.91 Å². The number of carbonyl (C=O) groups is 2. The smallest absolute Gasteiger partial charge is 0.318 e. The van der Waals surface area contributed by atoms with Gasteiger partial charge < -0.3 is 10.1 Å². The molecule has 2 atom stereocenters. The van der Waals surface area contributed by atoms with E-state index in [1.165, 1.54) is 12.0 Å². The molecule has 1 N–H and O–H groups in total. The molecular formula is C11H13NO3S. The maximum Gasteiger partial charge on any atom is 0.318 e. The maximum atomic E-state index is 11.5. The molecule has 0 aromatic carbocycles. The quantitative estimate of drug-likeness (QED) is 0.628. The van der Waals surface area contributed by atoms with E-state index in [1.54, 1.807) is 11.3 Å². The molecule has 1 aliphatic rings. The molecule has 2 rings (SSSR count). The average molecular weight is 239 g/mol. The topological polar surface area (TPSA) is 55.4 Å². The minimum atomic E-state index is -0.646. The molecule has 0 radical (unpaired) electrons. The van der Waals surface area contributed by atoms with Crippen LogP contribution in [0.1, 0.15) is 4.88 Å². The van der Waals surface area contributed by atoms with E-state index < -0.39 is 11.9 Å². The number of amides is 1. The van der Waals surface area contributed by atoms with E-state index in [0.717, 1.165) is 6.42 Å². The summed E-state index contributed by atoms with van der Waals surface area (Å²) in [5.74, 6) is -1.28. The van der Waals surface area contributed by atoms with E-state index in [4.69, 9.17) is 0 Å². The normalized spacial score (nSPS) is 24.2. The Bertz CT molecular complexity index is 388. The minimum Gasteiger partial charge on any atom is -0.468 e. The second-order valence-corrected chi connectivity index (χ2v) is 4.82. The Morgan fingerprint density at radius 1 is 1.69 bits per heavy atom. The van der Waals surface area contributed by atoms with Crippen molar-refractivity contribution < 1.29 is 14.3 Å². The van der Waals surface area contributed by atoms with Gasteiger partial charge in [-0.2, -0.15) is 0 Å². The van der Waals surface area contributed by atoms with E-state index in [2.05, 4.69) is 10.1 Å². The summed E-state index contributed by atoms with van der Waals surface area (Å²) in [5.41, 5.74) is 0. The lowest BCUT2D eigenvalue weighted by Crippen LogP contribution is -2.29. The van der Waals surface area contributed by atoms with Crippen molar-refractivity contribution in [2.45, 2.75) is 6.42 Å². The number of rotatable bonds is 3. The summed E-state index contributed by atoms with van der Waals surface area (Å²) in [7, 11) is 1.32. The highest BCUT2D eigenvalue weighted by Gasteiger charge is 2.40. The van der Waals surface area contributed by atoms with Crippen molar-refractivity contribution in [2.24, 2.45) is 11.8 Å². The van der Waals surface area contributed by atoms with Gasteiger partial charge in [-0.25, -0.2) is 0 Å². The van der Waals surface area contributed by atoms with Crippen LogP contribution in [-0.4, -0.2) is 25.5 Å². The van der Waals surface area contributed by atoms with Crippen LogP contribution in [0.2, 0.25) is 0 Å². The lowest BCUT2D eigenvalue weighted by molar-refractivity contribution is -0.149. The van der Waals surface area contributed by atoms with Gasteiger partial charge in [-0.15, -0.1) is 11.3 Å². The third kappa shape index (κ3) is 2.09. The number of carbonyl (C=O) groups excluding carboxylic acids is 2. The summed E-state index contributed by atoms with van der Waals surface area (Å²) in [6, 6.07) is 3.99. The number of ether oxygens (including phenoxy) is 1. The van der Waals surface area contributed by atoms with Gasteiger partial charge in [0.15, 0.2) is 0 Å². The molecule has 1 aromatic rings. The predicted molar refractivity (Wildman–Crippen MR) is 60.0 cm³/mol. The number of hydrogen-bond acceptors (Lipinski definition) is 4. The van der Waals surface area contributed by atoms with Gasteiger partial charge in [0, 0.05) is 17.3 Å². The summed E-state index contributed by atoms with van der Waals surface area (Å²) in [6.45, 7) is 0.552. The van der Waals surface area contributed by atoms with Crippen LogP contribution >= 0.6 is 11.3 Å². The van der Waals surface area contributed by atoms with E-state index in [0.29, 0.717) is 6.54 Å². The van der Waals surface area contributed by atoms with Crippen molar-refractivity contribution in [3.05, 3.63) is 22.4 Å². The van der Waals surface area contributed by atoms with Gasteiger partial charge in [-0.05, 0) is 17.9 Å². The first-order valence-corrected chi connectivity index (χ1v) is 5.98. The Morgan fingerprint density at radius 2 is 2.50 bits per heavy atom. The molecule has 5 heteroatoms. The summed E-state index contributed by atoms with van der Waals surface area (Å²) in [6.07, 6.45) is 0.746. The third-order valence-electron chi connectivity index (χ3n) is 2.79. The van der Waals surface area contributed by atoms with Crippen LogP contribution in [0.5, 0.6) is 0 Å². The lowest BCUT2D eigenvalue weighted by atomic mass is 9.92. The Morgan fingerprint density at radius 3 is 3.12 bits per heavy atom. The molecule has 2 heterocycles. The van der Waals surface area contributed by atoms with Crippen molar-refractivity contribution in [3.63, 3.8) is 0 Å². The Hall–Kier alpha value is -1.36. The number of methoxy groups -OCH3 is 1. The highest BCUT2D eigenvalue weighted by molar-refractivity contribution is 7.09. The van der Waals surface area contributed by atoms with Gasteiger partial charge in [0.25, 0.3) is 0 Å². The molecule has 1 amide bonds. The monoisotopic (exact) mass is 239 g/mol. The van der Waals surface area contributed by atoms with Crippen LogP contribution < -0.4 is 5.32 Å². The molecule has 0 saturated carbocycles. The van der Waals surface area contributed by atoms with E-state index in [1.807, 2.05) is 17.5 Å². The van der Waals surface area contributed by atoms with Crippen molar-refractivity contribution in [1.82, 2.24) is 5.32 Å². The van der Waals surface area contributed by atoms with Gasteiger partial charge in [0.05, 0.1) is 7.11 Å². The summed E-state index contributed by atoms with van der Waals surface area (Å²) >= 11 is 1.64. The van der Waals surface area contributed by atoms with Crippen molar-refractivity contribution >= 4 is 23.2 Å². The number of esters is 1. The third-order valence-corrected chi connectivity index (χ3v) is 3.69. The van der Waals surface area contributed by atoms with Crippen molar-refractivity contribution in [2.75, 3.05) is 13.7 Å². The molecule has 86 valence electrons. The Kier molecular flexibility index (Phi) is 3.24. The van der Waals surface area contributed by atoms with Crippen LogP contribution in [0.25, 0.3) is 0 Å². The molecular weight excluding hydrogens is 226 g/mol. The fraction of sp³-hybridized carbons (Fsp3) is 0.455. The molecule has 16 heavy (non-hydrogen) atoms. The highest BCUT2D eigenvalue weighted by atomic mass is 32.1. The zero-order chi connectivity index (χ0) is 11.5. The van der Waals surface area contributed by atoms with Crippen molar-refractivity contribution in [3.8, 4) is 0 Å². The van der Waals surface area contributed by atoms with Crippen LogP contribution in [0.4, 0.5) is 0 Å². The first-order chi connectivity index (χ1) is 7.72. The SMILES string of the molecule is COC(=O)[C@H]1C(=O)NC[C@@H]1Cc1cccs1. The standard InChI is InChI=1S/C11H13NO3S/c1-15-11(14)9-7(6-12-10(9)13)5-8-3-2-4-16-8/h2-4,7,9H,5-6H2,1H3,(H,12,13)/t7-,9+/m0/s1. The van der Waals surface area contributed by atoms with Crippen molar-refractivity contribution in [1.29, 1.82) is 0 Å². The fourth-order valence-electron chi connectivity index (χ4n) is 1.98. The molecule has 1 fully saturated rings. The molecule has 1 saturated heterocycles. The molecule has 1 aromatic heterocycles. The molecule has 4 nitrogen and oxygen atoms in total. The Balaban J connectivity index is 2.09. The molecule has 0 bridgehead atoms. The fourth-order valence-corrected chi connectivity index (χ4v) is 2.78. The first-order valence-electron chi connectivity index (χ1n) is 5.10. The van der Waals surface area contributed by atoms with Crippen LogP contribution in [-0.2, 0) is 20.7 Å². The molecule has 0 aliphatic carbocycles. The second kappa shape index (κ2) is 4.65. The molecule has 0 unspecified atom stereocenters. The lowest BCUT2D eigenvalue weighted by Gasteiger charge is -2.13. The van der Waals surface area contributed by atoms with Crippen LogP contribution in [0.3, 0.4) is 0 Å². The summed E-state index contributed by atoms with van der Waals surface area (Å²) in [5, 5.41) is 4.70. The van der Waals surface area contributed by atoms with Gasteiger partial charge in [-0.1, -0.05) is 6.07 Å². The number of nitrogens with one attached hydrogen (secondary N) is 1.